The SMILES string of the molecule is CO[Si](OC)(C1CCCCC1)C1CCCO1. The molecule has 0 aromatic heterocycles. The van der Waals surface area contributed by atoms with Gasteiger partial charge in [-0.1, -0.05) is 19.3 Å². The van der Waals surface area contributed by atoms with Crippen LogP contribution in [0.25, 0.3) is 0 Å². The molecule has 1 saturated carbocycles. The summed E-state index contributed by atoms with van der Waals surface area (Å²) >= 11 is 0. The topological polar surface area (TPSA) is 27.7 Å². The Morgan fingerprint density at radius 3 is 2.12 bits per heavy atom. The zero-order valence-electron chi connectivity index (χ0n) is 10.5. The molecule has 1 atom stereocenters. The van der Waals surface area contributed by atoms with Crippen LogP contribution in [0.15, 0.2) is 0 Å². The molecule has 2 aliphatic rings. The van der Waals surface area contributed by atoms with E-state index < -0.39 is 8.56 Å². The molecule has 2 fully saturated rings. The fourth-order valence-corrected chi connectivity index (χ4v) is 7.40. The van der Waals surface area contributed by atoms with E-state index in [9.17, 15) is 0 Å². The molecule has 0 aromatic carbocycles. The van der Waals surface area contributed by atoms with Crippen LogP contribution in [0.4, 0.5) is 0 Å². The summed E-state index contributed by atoms with van der Waals surface area (Å²) in [5.74, 6) is 0. The van der Waals surface area contributed by atoms with Crippen LogP contribution >= 0.6 is 0 Å². The first-order valence-electron chi connectivity index (χ1n) is 6.55. The predicted octanol–water partition coefficient (Wildman–Crippen LogP) is 2.77. The van der Waals surface area contributed by atoms with Gasteiger partial charge in [-0.15, -0.1) is 0 Å². The smallest absolute Gasteiger partial charge is 0.370 e. The van der Waals surface area contributed by atoms with E-state index in [1.54, 1.807) is 0 Å². The minimum absolute atomic E-state index is 0.269. The lowest BCUT2D eigenvalue weighted by molar-refractivity contribution is 0.0932. The Morgan fingerprint density at radius 2 is 1.62 bits per heavy atom. The first-order chi connectivity index (χ1) is 7.83. The summed E-state index contributed by atoms with van der Waals surface area (Å²) in [4.78, 5) is 0. The second kappa shape index (κ2) is 5.62. The molecule has 1 aliphatic carbocycles. The van der Waals surface area contributed by atoms with Gasteiger partial charge in [0.2, 0.25) is 0 Å². The van der Waals surface area contributed by atoms with Crippen molar-refractivity contribution in [1.29, 1.82) is 0 Å². The lowest BCUT2D eigenvalue weighted by atomic mass is 10.0. The highest BCUT2D eigenvalue weighted by Crippen LogP contribution is 2.42. The zero-order valence-corrected chi connectivity index (χ0v) is 11.5. The van der Waals surface area contributed by atoms with Crippen molar-refractivity contribution in [3.05, 3.63) is 0 Å². The van der Waals surface area contributed by atoms with Crippen LogP contribution in [0.3, 0.4) is 0 Å². The maximum atomic E-state index is 5.90. The molecule has 0 radical (unpaired) electrons. The van der Waals surface area contributed by atoms with Gasteiger partial charge in [0.25, 0.3) is 0 Å². The Kier molecular flexibility index (Phi) is 4.41. The van der Waals surface area contributed by atoms with Gasteiger partial charge in [-0.05, 0) is 25.7 Å². The number of rotatable bonds is 4. The molecule has 0 amide bonds. The first-order valence-corrected chi connectivity index (χ1v) is 8.52. The highest BCUT2D eigenvalue weighted by atomic mass is 28.4. The van der Waals surface area contributed by atoms with Crippen LogP contribution in [0.2, 0.25) is 5.54 Å². The van der Waals surface area contributed by atoms with Gasteiger partial charge in [0.15, 0.2) is 0 Å². The van der Waals surface area contributed by atoms with Gasteiger partial charge in [0.1, 0.15) is 5.73 Å². The van der Waals surface area contributed by atoms with E-state index >= 15 is 0 Å². The molecule has 0 N–H and O–H groups in total. The highest BCUT2D eigenvalue weighted by Gasteiger charge is 2.53. The third-order valence-electron chi connectivity index (χ3n) is 4.19. The number of hydrogen-bond donors (Lipinski definition) is 0. The molecule has 4 heteroatoms. The molecule has 1 unspecified atom stereocenters. The number of hydrogen-bond acceptors (Lipinski definition) is 3. The Labute approximate surface area is 99.7 Å². The lowest BCUT2D eigenvalue weighted by Gasteiger charge is -2.40. The molecule has 2 rings (SSSR count). The van der Waals surface area contributed by atoms with Crippen LogP contribution in [0, 0.1) is 0 Å². The lowest BCUT2D eigenvalue weighted by Crippen LogP contribution is -2.56. The van der Waals surface area contributed by atoms with E-state index in [0.717, 1.165) is 13.0 Å². The van der Waals surface area contributed by atoms with Gasteiger partial charge in [-0.2, -0.15) is 0 Å². The Morgan fingerprint density at radius 1 is 0.938 bits per heavy atom. The van der Waals surface area contributed by atoms with E-state index in [2.05, 4.69) is 0 Å². The Hall–Kier alpha value is 0.0969. The zero-order chi connectivity index (χ0) is 11.4. The normalized spacial score (nSPS) is 28.5. The average Bonchev–Trinajstić information content (AvgIpc) is 2.87. The third-order valence-corrected chi connectivity index (χ3v) is 8.54. The number of ether oxygens (including phenoxy) is 1. The summed E-state index contributed by atoms with van der Waals surface area (Å²) in [6.45, 7) is 0.888. The third kappa shape index (κ3) is 2.21. The molecule has 0 bridgehead atoms. The molecule has 3 nitrogen and oxygen atoms in total. The van der Waals surface area contributed by atoms with E-state index in [0.29, 0.717) is 5.54 Å². The average molecular weight is 244 g/mol. The van der Waals surface area contributed by atoms with E-state index in [4.69, 9.17) is 13.6 Å². The van der Waals surface area contributed by atoms with Crippen molar-refractivity contribution in [2.24, 2.45) is 0 Å². The highest BCUT2D eigenvalue weighted by molar-refractivity contribution is 6.70. The van der Waals surface area contributed by atoms with E-state index in [1.807, 2.05) is 14.2 Å². The largest absolute Gasteiger partial charge is 0.396 e. The Bertz CT molecular complexity index is 206. The second-order valence-corrected chi connectivity index (χ2v) is 8.69. The Balaban J connectivity index is 2.11. The fourth-order valence-electron chi connectivity index (χ4n) is 3.34. The molecule has 1 saturated heterocycles. The van der Waals surface area contributed by atoms with Crippen molar-refractivity contribution < 1.29 is 13.6 Å². The molecule has 0 aromatic rings. The van der Waals surface area contributed by atoms with Gasteiger partial charge >= 0.3 is 8.56 Å². The summed E-state index contributed by atoms with van der Waals surface area (Å²) in [5, 5.41) is 0. The van der Waals surface area contributed by atoms with Gasteiger partial charge in [-0.25, -0.2) is 0 Å². The van der Waals surface area contributed by atoms with Crippen LogP contribution < -0.4 is 0 Å². The molecule has 1 aliphatic heterocycles. The maximum absolute atomic E-state index is 5.90. The molecule has 1 heterocycles. The van der Waals surface area contributed by atoms with Gasteiger partial charge in [0.05, 0.1) is 0 Å². The monoisotopic (exact) mass is 244 g/mol. The minimum Gasteiger partial charge on any atom is -0.396 e. The van der Waals surface area contributed by atoms with Crippen molar-refractivity contribution in [2.75, 3.05) is 20.8 Å². The summed E-state index contributed by atoms with van der Waals surface area (Å²) in [6.07, 6.45) is 8.88. The van der Waals surface area contributed by atoms with Gasteiger partial charge in [0, 0.05) is 26.4 Å². The maximum Gasteiger partial charge on any atom is 0.370 e. The second-order valence-electron chi connectivity index (χ2n) is 4.97. The van der Waals surface area contributed by atoms with Crippen LogP contribution in [0.1, 0.15) is 44.9 Å². The molecular formula is C12H24O3Si. The van der Waals surface area contributed by atoms with E-state index in [-0.39, 0.29) is 5.73 Å². The predicted molar refractivity (Wildman–Crippen MR) is 65.6 cm³/mol. The van der Waals surface area contributed by atoms with Crippen molar-refractivity contribution in [3.8, 4) is 0 Å². The van der Waals surface area contributed by atoms with Crippen molar-refractivity contribution >= 4 is 8.56 Å². The van der Waals surface area contributed by atoms with E-state index in [1.165, 1.54) is 38.5 Å². The van der Waals surface area contributed by atoms with Crippen molar-refractivity contribution in [3.63, 3.8) is 0 Å². The standard InChI is InChI=1S/C12H24O3Si/c1-13-16(14-2,12-9-6-10-15-12)11-7-4-3-5-8-11/h11-12H,3-10H2,1-2H3. The minimum atomic E-state index is -2.13. The van der Waals surface area contributed by atoms with Crippen LogP contribution in [-0.4, -0.2) is 35.1 Å². The van der Waals surface area contributed by atoms with Crippen molar-refractivity contribution in [1.82, 2.24) is 0 Å². The van der Waals surface area contributed by atoms with Crippen molar-refractivity contribution in [2.45, 2.75) is 56.2 Å². The molecular weight excluding hydrogens is 220 g/mol. The van der Waals surface area contributed by atoms with Crippen LogP contribution in [0.5, 0.6) is 0 Å². The first kappa shape index (κ1) is 12.6. The quantitative estimate of drug-likeness (QED) is 0.712. The summed E-state index contributed by atoms with van der Waals surface area (Å²) < 4.78 is 17.7. The molecule has 16 heavy (non-hydrogen) atoms. The molecule has 0 spiro atoms. The summed E-state index contributed by atoms with van der Waals surface area (Å²) in [6, 6.07) is 0. The summed E-state index contributed by atoms with van der Waals surface area (Å²) in [7, 11) is 1.52. The molecule has 94 valence electrons. The summed E-state index contributed by atoms with van der Waals surface area (Å²) in [5.41, 5.74) is 0.907. The fraction of sp³-hybridized carbons (Fsp3) is 1.00. The van der Waals surface area contributed by atoms with Crippen LogP contribution in [-0.2, 0) is 13.6 Å². The van der Waals surface area contributed by atoms with Gasteiger partial charge < -0.3 is 13.6 Å². The van der Waals surface area contributed by atoms with Gasteiger partial charge in [-0.3, -0.25) is 0 Å².